The summed E-state index contributed by atoms with van der Waals surface area (Å²) in [5.74, 6) is 0. The van der Waals surface area contributed by atoms with E-state index in [9.17, 15) is 10.1 Å². The van der Waals surface area contributed by atoms with Crippen molar-refractivity contribution >= 4 is 0 Å². The third-order valence-corrected chi connectivity index (χ3v) is 2.24. The van der Waals surface area contributed by atoms with Crippen molar-refractivity contribution in [2.75, 3.05) is 13.2 Å². The second kappa shape index (κ2) is 3.67. The van der Waals surface area contributed by atoms with Crippen molar-refractivity contribution in [1.82, 2.24) is 4.90 Å². The lowest BCUT2D eigenvalue weighted by Gasteiger charge is -2.29. The zero-order chi connectivity index (χ0) is 8.27. The van der Waals surface area contributed by atoms with Gasteiger partial charge in [0.2, 0.25) is 0 Å². The Morgan fingerprint density at radius 3 is 2.91 bits per heavy atom. The van der Waals surface area contributed by atoms with Gasteiger partial charge in [0.25, 0.3) is 6.67 Å². The summed E-state index contributed by atoms with van der Waals surface area (Å²) >= 11 is 0. The van der Waals surface area contributed by atoms with Crippen LogP contribution in [0.2, 0.25) is 0 Å². The summed E-state index contributed by atoms with van der Waals surface area (Å²) < 4.78 is 0. The van der Waals surface area contributed by atoms with Gasteiger partial charge in [-0.15, -0.1) is 0 Å². The predicted octanol–water partition coefficient (Wildman–Crippen LogP) is 1.09. The van der Waals surface area contributed by atoms with Gasteiger partial charge in [-0.3, -0.25) is 10.1 Å². The van der Waals surface area contributed by atoms with E-state index < -0.39 is 0 Å². The molecule has 1 fully saturated rings. The van der Waals surface area contributed by atoms with Gasteiger partial charge >= 0.3 is 0 Å². The van der Waals surface area contributed by atoms with Crippen molar-refractivity contribution < 1.29 is 4.92 Å². The number of likely N-dealkylation sites (tertiary alicyclic amines) is 1. The van der Waals surface area contributed by atoms with Crippen molar-refractivity contribution in [2.24, 2.45) is 0 Å². The highest BCUT2D eigenvalue weighted by Gasteiger charge is 2.21. The van der Waals surface area contributed by atoms with Crippen molar-refractivity contribution in [1.29, 1.82) is 0 Å². The fraction of sp³-hybridized carbons (Fsp3) is 1.00. The minimum atomic E-state index is -0.248. The Hall–Kier alpha value is -0.640. The first-order chi connectivity index (χ1) is 5.20. The van der Waals surface area contributed by atoms with Gasteiger partial charge in [0, 0.05) is 17.5 Å². The van der Waals surface area contributed by atoms with Gasteiger partial charge in [-0.25, -0.2) is 4.90 Å². The van der Waals surface area contributed by atoms with Crippen LogP contribution in [-0.2, 0) is 0 Å². The van der Waals surface area contributed by atoms with Crippen LogP contribution in [0.4, 0.5) is 0 Å². The van der Waals surface area contributed by atoms with Crippen LogP contribution in [0.1, 0.15) is 26.2 Å². The van der Waals surface area contributed by atoms with Crippen LogP contribution in [0.5, 0.6) is 0 Å². The van der Waals surface area contributed by atoms with E-state index in [1.165, 1.54) is 6.42 Å². The Balaban J connectivity index is 2.35. The van der Waals surface area contributed by atoms with Gasteiger partial charge in [0.1, 0.15) is 0 Å². The van der Waals surface area contributed by atoms with Crippen LogP contribution in [0.15, 0.2) is 0 Å². The molecule has 1 atom stereocenters. The monoisotopic (exact) mass is 158 g/mol. The van der Waals surface area contributed by atoms with Gasteiger partial charge in [-0.1, -0.05) is 6.42 Å². The molecule has 11 heavy (non-hydrogen) atoms. The molecule has 4 nitrogen and oxygen atoms in total. The third-order valence-electron chi connectivity index (χ3n) is 2.24. The van der Waals surface area contributed by atoms with Crippen LogP contribution in [-0.4, -0.2) is 29.1 Å². The van der Waals surface area contributed by atoms with Crippen molar-refractivity contribution in [3.8, 4) is 0 Å². The molecule has 1 rings (SSSR count). The Morgan fingerprint density at radius 2 is 2.36 bits per heavy atom. The number of piperidine rings is 1. The second-order valence-electron chi connectivity index (χ2n) is 3.13. The van der Waals surface area contributed by atoms with Crippen molar-refractivity contribution in [2.45, 2.75) is 32.2 Å². The molecule has 0 radical (unpaired) electrons. The first kappa shape index (κ1) is 8.46. The summed E-state index contributed by atoms with van der Waals surface area (Å²) in [6.07, 6.45) is 3.43. The van der Waals surface area contributed by atoms with Crippen LogP contribution in [0.25, 0.3) is 0 Å². The van der Waals surface area contributed by atoms with E-state index >= 15 is 0 Å². The zero-order valence-corrected chi connectivity index (χ0v) is 6.82. The summed E-state index contributed by atoms with van der Waals surface area (Å²) in [6.45, 7) is 2.96. The Kier molecular flexibility index (Phi) is 2.82. The molecule has 0 N–H and O–H groups in total. The predicted molar refractivity (Wildman–Crippen MR) is 41.9 cm³/mol. The van der Waals surface area contributed by atoms with E-state index in [0.717, 1.165) is 19.4 Å². The average molecular weight is 158 g/mol. The summed E-state index contributed by atoms with van der Waals surface area (Å²) in [5, 5.41) is 10.2. The molecule has 0 aliphatic carbocycles. The number of hydrogen-bond donors (Lipinski definition) is 0. The molecule has 1 aliphatic heterocycles. The van der Waals surface area contributed by atoms with E-state index in [4.69, 9.17) is 0 Å². The lowest BCUT2D eigenvalue weighted by atomic mass is 10.0. The van der Waals surface area contributed by atoms with Gasteiger partial charge in [-0.2, -0.15) is 0 Å². The summed E-state index contributed by atoms with van der Waals surface area (Å²) in [4.78, 5) is 11.9. The van der Waals surface area contributed by atoms with E-state index in [-0.39, 0.29) is 11.6 Å². The minimum absolute atomic E-state index is 0.0150. The van der Waals surface area contributed by atoms with E-state index in [1.807, 2.05) is 4.90 Å². The number of nitrogens with zero attached hydrogens (tertiary/aromatic N) is 2. The highest BCUT2D eigenvalue weighted by molar-refractivity contribution is 4.69. The molecule has 1 saturated heterocycles. The molecule has 64 valence electrons. The Labute approximate surface area is 66.3 Å². The smallest absolute Gasteiger partial charge is 0.259 e. The molecule has 1 unspecified atom stereocenters. The number of hydrogen-bond acceptors (Lipinski definition) is 3. The third kappa shape index (κ3) is 2.46. The highest BCUT2D eigenvalue weighted by atomic mass is 16.6. The molecule has 0 aromatic heterocycles. The van der Waals surface area contributed by atoms with Gasteiger partial charge in [0.05, 0.1) is 0 Å². The van der Waals surface area contributed by atoms with Gasteiger partial charge in [-0.05, 0) is 19.8 Å². The zero-order valence-electron chi connectivity index (χ0n) is 6.82. The molecule has 0 aromatic carbocycles. The first-order valence-corrected chi connectivity index (χ1v) is 4.06. The molecule has 4 heteroatoms. The molecule has 0 aromatic rings. The second-order valence-corrected chi connectivity index (χ2v) is 3.13. The van der Waals surface area contributed by atoms with Crippen LogP contribution >= 0.6 is 0 Å². The van der Waals surface area contributed by atoms with Crippen molar-refractivity contribution in [3.05, 3.63) is 10.1 Å². The average Bonchev–Trinajstić information content (AvgIpc) is 1.93. The molecular weight excluding hydrogens is 144 g/mol. The summed E-state index contributed by atoms with van der Waals surface area (Å²) in [7, 11) is 0. The maximum absolute atomic E-state index is 10.2. The molecule has 0 spiro atoms. The standard InChI is InChI=1S/C7H14N2O2/c1-7-4-2-3-5-8(7)6-9(10)11/h7H,2-6H2,1H3. The maximum atomic E-state index is 10.2. The quantitative estimate of drug-likeness (QED) is 0.446. The first-order valence-electron chi connectivity index (χ1n) is 4.06. The lowest BCUT2D eigenvalue weighted by Crippen LogP contribution is -2.40. The Bertz CT molecular complexity index is 149. The number of nitro groups is 1. The van der Waals surface area contributed by atoms with E-state index in [2.05, 4.69) is 6.92 Å². The van der Waals surface area contributed by atoms with Crippen molar-refractivity contribution in [3.63, 3.8) is 0 Å². The molecule has 1 heterocycles. The van der Waals surface area contributed by atoms with Crippen LogP contribution in [0.3, 0.4) is 0 Å². The fourth-order valence-corrected chi connectivity index (χ4v) is 1.52. The van der Waals surface area contributed by atoms with Crippen LogP contribution < -0.4 is 0 Å². The highest BCUT2D eigenvalue weighted by Crippen LogP contribution is 2.15. The molecular formula is C7H14N2O2. The Morgan fingerprint density at radius 1 is 1.64 bits per heavy atom. The van der Waals surface area contributed by atoms with Gasteiger partial charge < -0.3 is 0 Å². The topological polar surface area (TPSA) is 46.4 Å². The summed E-state index contributed by atoms with van der Waals surface area (Å²) in [5.41, 5.74) is 0. The summed E-state index contributed by atoms with van der Waals surface area (Å²) in [6, 6.07) is 0.397. The molecule has 0 saturated carbocycles. The van der Waals surface area contributed by atoms with Gasteiger partial charge in [0.15, 0.2) is 0 Å². The lowest BCUT2D eigenvalue weighted by molar-refractivity contribution is -0.506. The normalized spacial score (nSPS) is 26.8. The largest absolute Gasteiger partial charge is 0.263 e. The number of rotatable bonds is 2. The minimum Gasteiger partial charge on any atom is -0.263 e. The van der Waals surface area contributed by atoms with E-state index in [0.29, 0.717) is 6.04 Å². The SMILES string of the molecule is CC1CCCCN1C[N+](=O)[O-]. The molecule has 0 amide bonds. The van der Waals surface area contributed by atoms with E-state index in [1.54, 1.807) is 0 Å². The fourth-order valence-electron chi connectivity index (χ4n) is 1.52. The van der Waals surface area contributed by atoms with Crippen LogP contribution in [0, 0.1) is 10.1 Å². The molecule has 0 bridgehead atoms. The maximum Gasteiger partial charge on any atom is 0.259 e. The molecule has 1 aliphatic rings.